The molecule has 0 aliphatic rings. The number of amidine groups is 1. The Morgan fingerprint density at radius 1 is 1.33 bits per heavy atom. The fourth-order valence-electron chi connectivity index (χ4n) is 2.30. The highest BCUT2D eigenvalue weighted by Crippen LogP contribution is 2.06. The third-order valence-corrected chi connectivity index (χ3v) is 3.64. The molecular weight excluding hydrogens is 306 g/mol. The van der Waals surface area contributed by atoms with Crippen LogP contribution in [-0.4, -0.2) is 48.6 Å². The maximum Gasteiger partial charge on any atom is 0.294 e. The molecule has 0 saturated carbocycles. The number of ether oxygens (including phenoxy) is 1. The molecule has 1 rings (SSSR count). The molecule has 6 heteroatoms. The number of nitrogens with one attached hydrogen (secondary N) is 1. The molecule has 0 spiro atoms. The second-order valence-electron chi connectivity index (χ2n) is 6.05. The Morgan fingerprint density at radius 2 is 2.04 bits per heavy atom. The van der Waals surface area contributed by atoms with Gasteiger partial charge in [-0.2, -0.15) is 0 Å². The van der Waals surface area contributed by atoms with Crippen LogP contribution in [0.4, 0.5) is 0 Å². The zero-order chi connectivity index (χ0) is 17.9. The van der Waals surface area contributed by atoms with Crippen molar-refractivity contribution in [3.8, 4) is 0 Å². The molecule has 0 bridgehead atoms. The van der Waals surface area contributed by atoms with Crippen LogP contribution < -0.4 is 5.32 Å². The van der Waals surface area contributed by atoms with E-state index in [0.717, 1.165) is 32.5 Å². The van der Waals surface area contributed by atoms with Crippen molar-refractivity contribution in [1.29, 1.82) is 0 Å². The lowest BCUT2D eigenvalue weighted by molar-refractivity contribution is 0.0932. The summed E-state index contributed by atoms with van der Waals surface area (Å²) in [6, 6.07) is 3.61. The van der Waals surface area contributed by atoms with Crippen LogP contribution in [0.15, 0.2) is 27.8 Å². The van der Waals surface area contributed by atoms with Crippen LogP contribution in [0, 0.1) is 0 Å². The van der Waals surface area contributed by atoms with Crippen molar-refractivity contribution in [1.82, 2.24) is 10.2 Å². The van der Waals surface area contributed by atoms with Crippen molar-refractivity contribution in [2.24, 2.45) is 4.99 Å². The number of nitrogens with zero attached hydrogens (tertiary/aromatic N) is 2. The topological polar surface area (TPSA) is 67.1 Å². The Labute approximate surface area is 145 Å². The normalized spacial score (nSPS) is 13.4. The van der Waals surface area contributed by atoms with Gasteiger partial charge in [0.2, 0.25) is 0 Å². The van der Waals surface area contributed by atoms with Crippen molar-refractivity contribution < 1.29 is 13.9 Å². The van der Waals surface area contributed by atoms with Gasteiger partial charge in [0.15, 0.2) is 5.76 Å². The monoisotopic (exact) mass is 337 g/mol. The second-order valence-corrected chi connectivity index (χ2v) is 6.05. The van der Waals surface area contributed by atoms with Crippen LogP contribution in [0.25, 0.3) is 0 Å². The third-order valence-electron chi connectivity index (χ3n) is 3.64. The van der Waals surface area contributed by atoms with E-state index >= 15 is 0 Å². The van der Waals surface area contributed by atoms with E-state index in [0.29, 0.717) is 0 Å². The highest BCUT2D eigenvalue weighted by Gasteiger charge is 2.15. The fraction of sp³-hybridized carbons (Fsp3) is 0.667. The lowest BCUT2D eigenvalue weighted by Crippen LogP contribution is -2.35. The lowest BCUT2D eigenvalue weighted by Gasteiger charge is -2.19. The lowest BCUT2D eigenvalue weighted by atomic mass is 10.2. The van der Waals surface area contributed by atoms with E-state index in [-0.39, 0.29) is 29.8 Å². The van der Waals surface area contributed by atoms with E-state index in [2.05, 4.69) is 29.1 Å². The highest BCUT2D eigenvalue weighted by molar-refractivity contribution is 6.02. The summed E-state index contributed by atoms with van der Waals surface area (Å²) in [6.07, 6.45) is 3.40. The molecule has 0 radical (unpaired) electrons. The number of carbonyl (C=O) groups is 1. The molecular formula is C18H31N3O3. The van der Waals surface area contributed by atoms with Gasteiger partial charge in [-0.15, -0.1) is 0 Å². The molecule has 0 fully saturated rings. The first kappa shape index (κ1) is 20.2. The Balaban J connectivity index is 2.58. The summed E-state index contributed by atoms with van der Waals surface area (Å²) in [7, 11) is 0. The molecule has 0 unspecified atom stereocenters. The van der Waals surface area contributed by atoms with Gasteiger partial charge in [0.25, 0.3) is 11.9 Å². The second kappa shape index (κ2) is 10.9. The SMILES string of the molecule is CCN(CC)CCC[C@H](C)N=C(NC(=O)c1ccco1)OC(C)C. The van der Waals surface area contributed by atoms with Crippen LogP contribution in [-0.2, 0) is 4.74 Å². The molecule has 0 aliphatic carbocycles. The molecule has 0 aromatic carbocycles. The largest absolute Gasteiger partial charge is 0.462 e. The van der Waals surface area contributed by atoms with Gasteiger partial charge in [-0.25, -0.2) is 4.99 Å². The average molecular weight is 337 g/mol. The number of carbonyl (C=O) groups excluding carboxylic acids is 1. The molecule has 1 N–H and O–H groups in total. The van der Waals surface area contributed by atoms with Crippen molar-refractivity contribution in [2.75, 3.05) is 19.6 Å². The molecule has 1 aromatic heterocycles. The van der Waals surface area contributed by atoms with Gasteiger partial charge in [-0.3, -0.25) is 10.1 Å². The van der Waals surface area contributed by atoms with E-state index in [1.165, 1.54) is 6.26 Å². The quantitative estimate of drug-likeness (QED) is 0.554. The van der Waals surface area contributed by atoms with Crippen molar-refractivity contribution in [3.05, 3.63) is 24.2 Å². The summed E-state index contributed by atoms with van der Waals surface area (Å²) in [4.78, 5) is 19.0. The van der Waals surface area contributed by atoms with E-state index in [1.54, 1.807) is 12.1 Å². The number of hydrogen-bond acceptors (Lipinski definition) is 5. The molecule has 136 valence electrons. The minimum atomic E-state index is -0.352. The van der Waals surface area contributed by atoms with Crippen LogP contribution in [0.3, 0.4) is 0 Å². The predicted octanol–water partition coefficient (Wildman–Crippen LogP) is 3.30. The van der Waals surface area contributed by atoms with Crippen molar-refractivity contribution >= 4 is 11.9 Å². The highest BCUT2D eigenvalue weighted by atomic mass is 16.5. The minimum absolute atomic E-state index is 0.0662. The van der Waals surface area contributed by atoms with Gasteiger partial charge < -0.3 is 14.1 Å². The summed E-state index contributed by atoms with van der Waals surface area (Å²) in [6.45, 7) is 13.4. The van der Waals surface area contributed by atoms with Crippen LogP contribution in [0.2, 0.25) is 0 Å². The standard InChI is InChI=1S/C18H31N3O3/c1-6-21(7-2)12-8-10-15(5)19-18(24-14(3)4)20-17(22)16-11-9-13-23-16/h9,11,13-15H,6-8,10,12H2,1-5H3,(H,19,20,22)/t15-/m0/s1. The Morgan fingerprint density at radius 3 is 2.58 bits per heavy atom. The van der Waals surface area contributed by atoms with E-state index in [4.69, 9.17) is 9.15 Å². The van der Waals surface area contributed by atoms with Crippen LogP contribution in [0.5, 0.6) is 0 Å². The van der Waals surface area contributed by atoms with Gasteiger partial charge >= 0.3 is 0 Å². The molecule has 0 aliphatic heterocycles. The van der Waals surface area contributed by atoms with Gasteiger partial charge in [-0.1, -0.05) is 13.8 Å². The Hall–Kier alpha value is -1.82. The van der Waals surface area contributed by atoms with E-state index in [1.807, 2.05) is 20.8 Å². The Bertz CT molecular complexity index is 494. The van der Waals surface area contributed by atoms with Crippen molar-refractivity contribution in [3.63, 3.8) is 0 Å². The van der Waals surface area contributed by atoms with E-state index in [9.17, 15) is 4.79 Å². The fourth-order valence-corrected chi connectivity index (χ4v) is 2.30. The molecule has 6 nitrogen and oxygen atoms in total. The maximum absolute atomic E-state index is 12.1. The zero-order valence-corrected chi connectivity index (χ0v) is 15.5. The molecule has 0 saturated heterocycles. The van der Waals surface area contributed by atoms with Gasteiger partial charge in [0, 0.05) is 0 Å². The molecule has 24 heavy (non-hydrogen) atoms. The summed E-state index contributed by atoms with van der Waals surface area (Å²) in [5.41, 5.74) is 0. The van der Waals surface area contributed by atoms with Crippen LogP contribution >= 0.6 is 0 Å². The first-order chi connectivity index (χ1) is 11.5. The number of hydrogen-bond donors (Lipinski definition) is 1. The summed E-state index contributed by atoms with van der Waals surface area (Å²) in [5, 5.41) is 2.69. The summed E-state index contributed by atoms with van der Waals surface area (Å²) in [5.74, 6) is -0.112. The molecule has 1 heterocycles. The van der Waals surface area contributed by atoms with Gasteiger partial charge in [0.05, 0.1) is 18.4 Å². The number of furan rings is 1. The predicted molar refractivity (Wildman–Crippen MR) is 96.3 cm³/mol. The van der Waals surface area contributed by atoms with Crippen molar-refractivity contribution in [2.45, 2.75) is 59.6 Å². The van der Waals surface area contributed by atoms with E-state index < -0.39 is 0 Å². The minimum Gasteiger partial charge on any atom is -0.462 e. The Kier molecular flexibility index (Phi) is 9.15. The molecule has 1 aromatic rings. The number of amides is 1. The zero-order valence-electron chi connectivity index (χ0n) is 15.5. The molecule has 1 atom stereocenters. The number of rotatable bonds is 9. The summed E-state index contributed by atoms with van der Waals surface area (Å²) < 4.78 is 10.7. The maximum atomic E-state index is 12.1. The third kappa shape index (κ3) is 7.64. The molecule has 1 amide bonds. The first-order valence-electron chi connectivity index (χ1n) is 8.77. The summed E-state index contributed by atoms with van der Waals surface area (Å²) >= 11 is 0. The first-order valence-corrected chi connectivity index (χ1v) is 8.77. The van der Waals surface area contributed by atoms with Crippen LogP contribution in [0.1, 0.15) is 58.0 Å². The number of aliphatic imine (C=N–C) groups is 1. The van der Waals surface area contributed by atoms with Gasteiger partial charge in [0.1, 0.15) is 0 Å². The average Bonchev–Trinajstić information content (AvgIpc) is 3.05. The van der Waals surface area contributed by atoms with Gasteiger partial charge in [-0.05, 0) is 65.4 Å². The smallest absolute Gasteiger partial charge is 0.294 e.